The quantitative estimate of drug-likeness (QED) is 0.298. The highest BCUT2D eigenvalue weighted by molar-refractivity contribution is 6.03. The summed E-state index contributed by atoms with van der Waals surface area (Å²) in [6.45, 7) is 4.06. The van der Waals surface area contributed by atoms with Gasteiger partial charge in [-0.05, 0) is 43.9 Å². The van der Waals surface area contributed by atoms with Crippen molar-refractivity contribution < 1.29 is 23.5 Å². The van der Waals surface area contributed by atoms with Crippen LogP contribution < -0.4 is 10.9 Å². The molecule has 4 aromatic rings. The van der Waals surface area contributed by atoms with E-state index < -0.39 is 11.6 Å². The van der Waals surface area contributed by atoms with Gasteiger partial charge >= 0.3 is 11.6 Å². The highest BCUT2D eigenvalue weighted by Gasteiger charge is 2.18. The molecule has 0 aliphatic heterocycles. The summed E-state index contributed by atoms with van der Waals surface area (Å²) in [6, 6.07) is 13.7. The van der Waals surface area contributed by atoms with E-state index >= 15 is 0 Å². The number of benzene rings is 2. The average Bonchev–Trinajstić information content (AvgIpc) is 3.10. The Morgan fingerprint density at radius 3 is 2.42 bits per heavy atom. The van der Waals surface area contributed by atoms with Crippen LogP contribution in [-0.4, -0.2) is 23.5 Å². The Morgan fingerprint density at radius 2 is 1.70 bits per heavy atom. The Morgan fingerprint density at radius 1 is 0.970 bits per heavy atom. The molecule has 0 aliphatic carbocycles. The Kier molecular flexibility index (Phi) is 6.31. The molecule has 7 heteroatoms. The first-order chi connectivity index (χ1) is 15.8. The van der Waals surface area contributed by atoms with Crippen molar-refractivity contribution in [1.82, 2.24) is 5.32 Å². The molecule has 0 spiro atoms. The number of fused-ring (bicyclic) bond motifs is 2. The van der Waals surface area contributed by atoms with Gasteiger partial charge < -0.3 is 19.3 Å². The predicted octanol–water partition coefficient (Wildman–Crippen LogP) is 4.74. The van der Waals surface area contributed by atoms with Gasteiger partial charge in [0.15, 0.2) is 0 Å². The fraction of sp³-hybridized carbons (Fsp3) is 0.269. The van der Waals surface area contributed by atoms with Crippen molar-refractivity contribution in [2.45, 2.75) is 39.5 Å². The fourth-order valence-corrected chi connectivity index (χ4v) is 4.15. The lowest BCUT2D eigenvalue weighted by molar-refractivity contribution is -0.137. The highest BCUT2D eigenvalue weighted by Crippen LogP contribution is 2.37. The minimum absolute atomic E-state index is 0.000572. The number of carbonyl (C=O) groups is 2. The molecule has 33 heavy (non-hydrogen) atoms. The lowest BCUT2D eigenvalue weighted by Gasteiger charge is -2.09. The number of furan rings is 1. The van der Waals surface area contributed by atoms with Gasteiger partial charge in [0, 0.05) is 47.4 Å². The molecule has 2 aromatic carbocycles. The summed E-state index contributed by atoms with van der Waals surface area (Å²) in [5, 5.41) is 13.1. The van der Waals surface area contributed by atoms with Gasteiger partial charge in [-0.15, -0.1) is 0 Å². The first-order valence-corrected chi connectivity index (χ1v) is 10.9. The molecule has 1 amide bonds. The number of nitrogens with one attached hydrogen (secondary N) is 1. The topological polar surface area (TPSA) is 110 Å². The molecule has 0 radical (unpaired) electrons. The van der Waals surface area contributed by atoms with Gasteiger partial charge in [-0.1, -0.05) is 30.3 Å². The Hall–Kier alpha value is -3.87. The van der Waals surface area contributed by atoms with Crippen LogP contribution in [0.15, 0.2) is 56.1 Å². The Labute approximate surface area is 190 Å². The summed E-state index contributed by atoms with van der Waals surface area (Å²) < 4.78 is 11.5. The largest absolute Gasteiger partial charge is 0.481 e. The van der Waals surface area contributed by atoms with Crippen LogP contribution in [0, 0.1) is 13.8 Å². The van der Waals surface area contributed by atoms with E-state index in [2.05, 4.69) is 5.32 Å². The number of amides is 1. The first-order valence-electron chi connectivity index (χ1n) is 10.9. The molecular formula is C26H25NO6. The van der Waals surface area contributed by atoms with Gasteiger partial charge in [0.05, 0.1) is 0 Å². The Bertz CT molecular complexity index is 1400. The maximum Gasteiger partial charge on any atom is 0.339 e. The molecule has 2 N–H and O–H groups in total. The molecule has 0 saturated carbocycles. The molecule has 0 atom stereocenters. The minimum Gasteiger partial charge on any atom is -0.481 e. The molecule has 0 aliphatic rings. The minimum atomic E-state index is -0.897. The number of rotatable bonds is 8. The van der Waals surface area contributed by atoms with Crippen LogP contribution in [0.5, 0.6) is 0 Å². The van der Waals surface area contributed by atoms with E-state index in [0.717, 1.165) is 33.2 Å². The molecule has 0 fully saturated rings. The second-order valence-electron chi connectivity index (χ2n) is 8.08. The van der Waals surface area contributed by atoms with Crippen LogP contribution in [-0.2, 0) is 16.0 Å². The Balaban J connectivity index is 1.64. The summed E-state index contributed by atoms with van der Waals surface area (Å²) in [4.78, 5) is 35.3. The molecule has 7 nitrogen and oxygen atoms in total. The second-order valence-corrected chi connectivity index (χ2v) is 8.08. The van der Waals surface area contributed by atoms with Gasteiger partial charge in [0.1, 0.15) is 16.9 Å². The maximum absolute atomic E-state index is 12.6. The van der Waals surface area contributed by atoms with Crippen LogP contribution in [0.1, 0.15) is 36.1 Å². The molecule has 170 valence electrons. The number of hydrogen-bond donors (Lipinski definition) is 2. The van der Waals surface area contributed by atoms with E-state index in [1.807, 2.05) is 50.2 Å². The van der Waals surface area contributed by atoms with Crippen molar-refractivity contribution in [2.75, 3.05) is 6.54 Å². The maximum atomic E-state index is 12.6. The first kappa shape index (κ1) is 22.3. The molecule has 0 saturated heterocycles. The number of carbonyl (C=O) groups excluding carboxylic acids is 1. The summed E-state index contributed by atoms with van der Waals surface area (Å²) in [6.07, 6.45) is 0.720. The van der Waals surface area contributed by atoms with Crippen molar-refractivity contribution in [1.29, 1.82) is 0 Å². The number of carboxylic acids is 1. The average molecular weight is 447 g/mol. The van der Waals surface area contributed by atoms with Gasteiger partial charge in [0.25, 0.3) is 0 Å². The SMILES string of the molecule is Cc1oc2cc3oc(=O)c(CCC(=O)NCCCC(=O)O)c(C)c3cc2c1-c1ccccc1. The van der Waals surface area contributed by atoms with Crippen LogP contribution in [0.3, 0.4) is 0 Å². The second kappa shape index (κ2) is 9.32. The van der Waals surface area contributed by atoms with Crippen LogP contribution >= 0.6 is 0 Å². The molecular weight excluding hydrogens is 422 g/mol. The van der Waals surface area contributed by atoms with Crippen molar-refractivity contribution in [3.05, 3.63) is 69.8 Å². The van der Waals surface area contributed by atoms with Crippen molar-refractivity contribution in [3.8, 4) is 11.1 Å². The zero-order chi connectivity index (χ0) is 23.5. The van der Waals surface area contributed by atoms with Gasteiger partial charge in [0.2, 0.25) is 5.91 Å². The highest BCUT2D eigenvalue weighted by atomic mass is 16.4. The van der Waals surface area contributed by atoms with E-state index in [0.29, 0.717) is 23.2 Å². The lowest BCUT2D eigenvalue weighted by Crippen LogP contribution is -2.26. The van der Waals surface area contributed by atoms with Gasteiger partial charge in [-0.2, -0.15) is 0 Å². The fourth-order valence-electron chi connectivity index (χ4n) is 4.15. The van der Waals surface area contributed by atoms with Crippen LogP contribution in [0.25, 0.3) is 33.1 Å². The molecule has 0 bridgehead atoms. The van der Waals surface area contributed by atoms with E-state index in [-0.39, 0.29) is 31.7 Å². The summed E-state index contributed by atoms with van der Waals surface area (Å²) in [5.41, 5.74) is 3.91. The third kappa shape index (κ3) is 4.67. The number of hydrogen-bond acceptors (Lipinski definition) is 5. The molecule has 0 unspecified atom stereocenters. The van der Waals surface area contributed by atoms with Crippen LogP contribution in [0.4, 0.5) is 0 Å². The molecule has 4 rings (SSSR count). The summed E-state index contributed by atoms with van der Waals surface area (Å²) in [7, 11) is 0. The monoisotopic (exact) mass is 447 g/mol. The van der Waals surface area contributed by atoms with Gasteiger partial charge in [-0.25, -0.2) is 4.79 Å². The standard InChI is InChI=1S/C26H25NO6/c1-15-18(10-11-23(28)27-12-6-9-24(29)30)26(31)33-21-14-22-20(13-19(15)21)25(16(2)32-22)17-7-4-3-5-8-17/h3-5,7-8,13-14H,6,9-12H2,1-2H3,(H,27,28)(H,29,30). The van der Waals surface area contributed by atoms with E-state index in [9.17, 15) is 14.4 Å². The van der Waals surface area contributed by atoms with Crippen LogP contribution in [0.2, 0.25) is 0 Å². The van der Waals surface area contributed by atoms with Crippen molar-refractivity contribution in [2.24, 2.45) is 0 Å². The lowest BCUT2D eigenvalue weighted by atomic mass is 9.98. The number of carboxylic acid groups (broad SMARTS) is 1. The summed E-state index contributed by atoms with van der Waals surface area (Å²) >= 11 is 0. The molecule has 2 heterocycles. The van der Waals surface area contributed by atoms with Gasteiger partial charge in [-0.3, -0.25) is 9.59 Å². The third-order valence-electron chi connectivity index (χ3n) is 5.83. The zero-order valence-electron chi connectivity index (χ0n) is 18.6. The van der Waals surface area contributed by atoms with E-state index in [1.165, 1.54) is 0 Å². The van der Waals surface area contributed by atoms with Crippen molar-refractivity contribution >= 4 is 33.8 Å². The number of aliphatic carboxylic acids is 1. The van der Waals surface area contributed by atoms with Crippen molar-refractivity contribution in [3.63, 3.8) is 0 Å². The summed E-state index contributed by atoms with van der Waals surface area (Å²) in [5.74, 6) is -0.344. The van der Waals surface area contributed by atoms with E-state index in [4.69, 9.17) is 13.9 Å². The number of aryl methyl sites for hydroxylation is 2. The third-order valence-corrected chi connectivity index (χ3v) is 5.83. The smallest absolute Gasteiger partial charge is 0.339 e. The van der Waals surface area contributed by atoms with E-state index in [1.54, 1.807) is 6.07 Å². The predicted molar refractivity (Wildman–Crippen MR) is 125 cm³/mol. The molecule has 2 aromatic heterocycles. The zero-order valence-corrected chi connectivity index (χ0v) is 18.6. The normalized spacial score (nSPS) is 11.2.